The average molecular weight is 385 g/mol. The van der Waals surface area contributed by atoms with Crippen LogP contribution in [-0.4, -0.2) is 51.5 Å². The summed E-state index contributed by atoms with van der Waals surface area (Å²) < 4.78 is 2.06. The highest BCUT2D eigenvalue weighted by molar-refractivity contribution is 6.30. The third kappa shape index (κ3) is 3.98. The Balaban J connectivity index is 1.74. The highest BCUT2D eigenvalue weighted by Gasteiger charge is 2.19. The van der Waals surface area contributed by atoms with Crippen LogP contribution < -0.4 is 5.32 Å². The van der Waals surface area contributed by atoms with E-state index in [1.165, 1.54) is 0 Å². The molecule has 0 radical (unpaired) electrons. The second-order valence-corrected chi connectivity index (χ2v) is 7.21. The van der Waals surface area contributed by atoms with Gasteiger partial charge in [-0.2, -0.15) is 0 Å². The van der Waals surface area contributed by atoms with Crippen LogP contribution in [0, 0.1) is 0 Å². The molecule has 0 spiro atoms. The average Bonchev–Trinajstić information content (AvgIpc) is 3.00. The number of fused-ring (bicyclic) bond motifs is 1. The minimum atomic E-state index is -0.829. The van der Waals surface area contributed by atoms with E-state index in [2.05, 4.69) is 14.6 Å². The number of aliphatic carboxylic acids is 1. The standard InChI is InChI=1S/C20H21ClN4O2/c21-16-5-6-18-23-20(15-3-1-14(2-4-15)11-19(26)27)17(25(18)12-16)13-24-9-7-22-8-10-24/h1-6,12,22H,7-11,13H2,(H,26,27). The van der Waals surface area contributed by atoms with Crippen molar-refractivity contribution in [1.29, 1.82) is 0 Å². The minimum Gasteiger partial charge on any atom is -0.481 e. The molecule has 0 atom stereocenters. The zero-order valence-electron chi connectivity index (χ0n) is 14.9. The van der Waals surface area contributed by atoms with Gasteiger partial charge in [0.25, 0.3) is 0 Å². The number of halogens is 1. The minimum absolute atomic E-state index is 0.0225. The molecule has 1 saturated heterocycles. The van der Waals surface area contributed by atoms with E-state index < -0.39 is 5.97 Å². The number of imidazole rings is 1. The van der Waals surface area contributed by atoms with Crippen LogP contribution in [0.1, 0.15) is 11.3 Å². The molecule has 6 nitrogen and oxygen atoms in total. The summed E-state index contributed by atoms with van der Waals surface area (Å²) in [7, 11) is 0. The summed E-state index contributed by atoms with van der Waals surface area (Å²) in [6.07, 6.45) is 1.93. The highest BCUT2D eigenvalue weighted by Crippen LogP contribution is 2.27. The van der Waals surface area contributed by atoms with Gasteiger partial charge in [-0.1, -0.05) is 35.9 Å². The first-order chi connectivity index (χ1) is 13.1. The lowest BCUT2D eigenvalue weighted by Crippen LogP contribution is -2.43. The van der Waals surface area contributed by atoms with Gasteiger partial charge >= 0.3 is 5.97 Å². The summed E-state index contributed by atoms with van der Waals surface area (Å²) >= 11 is 6.23. The van der Waals surface area contributed by atoms with E-state index in [0.29, 0.717) is 5.02 Å². The summed E-state index contributed by atoms with van der Waals surface area (Å²) in [4.78, 5) is 18.1. The molecular weight excluding hydrogens is 364 g/mol. The van der Waals surface area contributed by atoms with Crippen LogP contribution in [0.4, 0.5) is 0 Å². The van der Waals surface area contributed by atoms with Crippen molar-refractivity contribution < 1.29 is 9.90 Å². The normalized spacial score (nSPS) is 15.3. The van der Waals surface area contributed by atoms with Crippen LogP contribution in [-0.2, 0) is 17.8 Å². The monoisotopic (exact) mass is 384 g/mol. The van der Waals surface area contributed by atoms with E-state index in [4.69, 9.17) is 21.7 Å². The second-order valence-electron chi connectivity index (χ2n) is 6.78. The van der Waals surface area contributed by atoms with Crippen LogP contribution in [0.2, 0.25) is 5.02 Å². The molecule has 3 heterocycles. The summed E-state index contributed by atoms with van der Waals surface area (Å²) in [5.41, 5.74) is 4.63. The zero-order chi connectivity index (χ0) is 18.8. The summed E-state index contributed by atoms with van der Waals surface area (Å²) in [6.45, 7) is 4.73. The van der Waals surface area contributed by atoms with Crippen molar-refractivity contribution in [3.63, 3.8) is 0 Å². The molecule has 2 N–H and O–H groups in total. The largest absolute Gasteiger partial charge is 0.481 e. The van der Waals surface area contributed by atoms with Gasteiger partial charge in [0.1, 0.15) is 5.65 Å². The number of benzene rings is 1. The SMILES string of the molecule is O=C(O)Cc1ccc(-c2nc3ccc(Cl)cn3c2CN2CCNCC2)cc1. The lowest BCUT2D eigenvalue weighted by Gasteiger charge is -2.27. The third-order valence-corrected chi connectivity index (χ3v) is 5.07. The molecule has 2 aromatic heterocycles. The van der Waals surface area contributed by atoms with E-state index >= 15 is 0 Å². The number of carbonyl (C=O) groups is 1. The van der Waals surface area contributed by atoms with Crippen LogP contribution >= 0.6 is 11.6 Å². The van der Waals surface area contributed by atoms with Gasteiger partial charge in [-0.15, -0.1) is 0 Å². The quantitative estimate of drug-likeness (QED) is 0.707. The third-order valence-electron chi connectivity index (χ3n) is 4.85. The first kappa shape index (κ1) is 18.0. The van der Waals surface area contributed by atoms with E-state index in [0.717, 1.165) is 60.9 Å². The van der Waals surface area contributed by atoms with E-state index in [9.17, 15) is 4.79 Å². The fourth-order valence-corrected chi connectivity index (χ4v) is 3.65. The maximum atomic E-state index is 10.9. The predicted molar refractivity (Wildman–Crippen MR) is 105 cm³/mol. The molecule has 0 unspecified atom stereocenters. The first-order valence-electron chi connectivity index (χ1n) is 9.01. The van der Waals surface area contributed by atoms with Gasteiger partial charge in [-0.25, -0.2) is 4.98 Å². The number of rotatable bonds is 5. The summed E-state index contributed by atoms with van der Waals surface area (Å²) in [5, 5.41) is 13.0. The number of nitrogens with zero attached hydrogens (tertiary/aromatic N) is 3. The van der Waals surface area contributed by atoms with E-state index in [1.807, 2.05) is 42.6 Å². The first-order valence-corrected chi connectivity index (χ1v) is 9.38. The number of carboxylic acids is 1. The smallest absolute Gasteiger partial charge is 0.307 e. The Hall–Kier alpha value is -2.41. The van der Waals surface area contributed by atoms with Crippen molar-refractivity contribution in [2.75, 3.05) is 26.2 Å². The van der Waals surface area contributed by atoms with Crippen molar-refractivity contribution in [3.05, 3.63) is 58.9 Å². The van der Waals surface area contributed by atoms with Crippen molar-refractivity contribution in [2.45, 2.75) is 13.0 Å². The Morgan fingerprint density at radius 3 is 2.59 bits per heavy atom. The molecule has 0 aliphatic carbocycles. The van der Waals surface area contributed by atoms with E-state index in [-0.39, 0.29) is 6.42 Å². The van der Waals surface area contributed by atoms with Crippen molar-refractivity contribution in [1.82, 2.24) is 19.6 Å². The molecule has 1 aromatic carbocycles. The van der Waals surface area contributed by atoms with Gasteiger partial charge in [0.05, 0.1) is 22.8 Å². The maximum absolute atomic E-state index is 10.9. The number of aromatic nitrogens is 2. The predicted octanol–water partition coefficient (Wildman–Crippen LogP) is 2.69. The van der Waals surface area contributed by atoms with Crippen LogP contribution in [0.3, 0.4) is 0 Å². The molecular formula is C20H21ClN4O2. The highest BCUT2D eigenvalue weighted by atomic mass is 35.5. The molecule has 7 heteroatoms. The topological polar surface area (TPSA) is 69.9 Å². The van der Waals surface area contributed by atoms with Crippen molar-refractivity contribution in [3.8, 4) is 11.3 Å². The molecule has 1 aliphatic heterocycles. The van der Waals surface area contributed by atoms with Crippen molar-refractivity contribution in [2.24, 2.45) is 0 Å². The maximum Gasteiger partial charge on any atom is 0.307 e. The molecule has 1 fully saturated rings. The van der Waals surface area contributed by atoms with Gasteiger partial charge in [-0.3, -0.25) is 9.69 Å². The fourth-order valence-electron chi connectivity index (χ4n) is 3.49. The number of nitrogens with one attached hydrogen (secondary N) is 1. The number of hydrogen-bond acceptors (Lipinski definition) is 4. The van der Waals surface area contributed by atoms with Crippen LogP contribution in [0.5, 0.6) is 0 Å². The lowest BCUT2D eigenvalue weighted by atomic mass is 10.1. The Kier molecular flexibility index (Phi) is 5.11. The van der Waals surface area contributed by atoms with Crippen LogP contribution in [0.25, 0.3) is 16.9 Å². The number of pyridine rings is 1. The number of hydrogen-bond donors (Lipinski definition) is 2. The lowest BCUT2D eigenvalue weighted by molar-refractivity contribution is -0.136. The molecule has 0 bridgehead atoms. The van der Waals surface area contributed by atoms with Gasteiger partial charge in [0.15, 0.2) is 0 Å². The Morgan fingerprint density at radius 1 is 1.15 bits per heavy atom. The Bertz CT molecular complexity index is 962. The molecule has 0 saturated carbocycles. The number of piperazine rings is 1. The Morgan fingerprint density at radius 2 is 1.89 bits per heavy atom. The molecule has 0 amide bonds. The van der Waals surface area contributed by atoms with Gasteiger partial charge in [0, 0.05) is 44.5 Å². The molecule has 27 heavy (non-hydrogen) atoms. The zero-order valence-corrected chi connectivity index (χ0v) is 15.6. The molecule has 3 aromatic rings. The van der Waals surface area contributed by atoms with Crippen LogP contribution in [0.15, 0.2) is 42.6 Å². The second kappa shape index (κ2) is 7.68. The Labute approximate surface area is 162 Å². The van der Waals surface area contributed by atoms with Crippen molar-refractivity contribution >= 4 is 23.2 Å². The van der Waals surface area contributed by atoms with Gasteiger partial charge < -0.3 is 14.8 Å². The number of carboxylic acid groups (broad SMARTS) is 1. The van der Waals surface area contributed by atoms with Gasteiger partial charge in [-0.05, 0) is 17.7 Å². The summed E-state index contributed by atoms with van der Waals surface area (Å²) in [6, 6.07) is 11.4. The molecule has 4 rings (SSSR count). The molecule has 140 valence electrons. The summed E-state index contributed by atoms with van der Waals surface area (Å²) in [5.74, 6) is -0.829. The fraction of sp³-hybridized carbons (Fsp3) is 0.300. The van der Waals surface area contributed by atoms with E-state index in [1.54, 1.807) is 0 Å². The molecule has 1 aliphatic rings. The van der Waals surface area contributed by atoms with Gasteiger partial charge in [0.2, 0.25) is 0 Å².